The van der Waals surface area contributed by atoms with E-state index in [-0.39, 0.29) is 5.79 Å². The molecular formula is C14H28N2O2. The molecule has 0 aromatic heterocycles. The van der Waals surface area contributed by atoms with Crippen LogP contribution in [0.25, 0.3) is 0 Å². The summed E-state index contributed by atoms with van der Waals surface area (Å²) < 4.78 is 11.8. The molecule has 1 heterocycles. The van der Waals surface area contributed by atoms with Crippen LogP contribution in [0.5, 0.6) is 0 Å². The second-order valence-corrected chi connectivity index (χ2v) is 5.74. The van der Waals surface area contributed by atoms with Gasteiger partial charge in [-0.2, -0.15) is 0 Å². The zero-order chi connectivity index (χ0) is 13.2. The van der Waals surface area contributed by atoms with E-state index in [9.17, 15) is 0 Å². The SMILES string of the molecule is CCN(C(C)C)C1CC2(CCC1NC)OCCO2. The van der Waals surface area contributed by atoms with Crippen molar-refractivity contribution in [1.29, 1.82) is 0 Å². The average molecular weight is 256 g/mol. The van der Waals surface area contributed by atoms with Gasteiger partial charge >= 0.3 is 0 Å². The Labute approximate surface area is 111 Å². The molecule has 1 aliphatic heterocycles. The van der Waals surface area contributed by atoms with Crippen LogP contribution in [0.2, 0.25) is 0 Å². The summed E-state index contributed by atoms with van der Waals surface area (Å²) in [6.45, 7) is 9.37. The molecule has 1 spiro atoms. The molecule has 2 aliphatic rings. The van der Waals surface area contributed by atoms with Gasteiger partial charge in [0.2, 0.25) is 0 Å². The fourth-order valence-electron chi connectivity index (χ4n) is 3.56. The van der Waals surface area contributed by atoms with Gasteiger partial charge in [0.15, 0.2) is 5.79 Å². The maximum Gasteiger partial charge on any atom is 0.170 e. The first kappa shape index (κ1) is 14.3. The van der Waals surface area contributed by atoms with Crippen molar-refractivity contribution in [2.45, 2.75) is 63.9 Å². The fourth-order valence-corrected chi connectivity index (χ4v) is 3.56. The van der Waals surface area contributed by atoms with Gasteiger partial charge in [-0.3, -0.25) is 4.90 Å². The van der Waals surface area contributed by atoms with Crippen LogP contribution in [0, 0.1) is 0 Å². The Bertz CT molecular complexity index is 265. The summed E-state index contributed by atoms with van der Waals surface area (Å²) in [7, 11) is 2.07. The van der Waals surface area contributed by atoms with E-state index in [0.29, 0.717) is 18.1 Å². The molecule has 2 fully saturated rings. The number of hydrogen-bond donors (Lipinski definition) is 1. The van der Waals surface area contributed by atoms with Gasteiger partial charge in [-0.1, -0.05) is 6.92 Å². The van der Waals surface area contributed by atoms with Crippen molar-refractivity contribution < 1.29 is 9.47 Å². The molecule has 0 amide bonds. The van der Waals surface area contributed by atoms with Crippen LogP contribution in [0.1, 0.15) is 40.0 Å². The molecule has 0 radical (unpaired) electrons. The summed E-state index contributed by atoms with van der Waals surface area (Å²) in [5, 5.41) is 3.48. The van der Waals surface area contributed by atoms with Crippen LogP contribution >= 0.6 is 0 Å². The second-order valence-electron chi connectivity index (χ2n) is 5.74. The third-order valence-corrected chi connectivity index (χ3v) is 4.46. The number of rotatable bonds is 4. The zero-order valence-corrected chi connectivity index (χ0v) is 12.2. The molecule has 0 aromatic carbocycles. The number of hydrogen-bond acceptors (Lipinski definition) is 4. The first-order valence-electron chi connectivity index (χ1n) is 7.33. The number of ether oxygens (including phenoxy) is 2. The lowest BCUT2D eigenvalue weighted by Crippen LogP contribution is -2.58. The quantitative estimate of drug-likeness (QED) is 0.828. The highest BCUT2D eigenvalue weighted by Gasteiger charge is 2.46. The van der Waals surface area contributed by atoms with Gasteiger partial charge in [-0.15, -0.1) is 0 Å². The summed E-state index contributed by atoms with van der Waals surface area (Å²) in [6, 6.07) is 1.62. The highest BCUT2D eigenvalue weighted by atomic mass is 16.7. The molecule has 1 saturated heterocycles. The molecular weight excluding hydrogens is 228 g/mol. The van der Waals surface area contributed by atoms with E-state index in [1.807, 2.05) is 0 Å². The van der Waals surface area contributed by atoms with Gasteiger partial charge in [0.05, 0.1) is 13.2 Å². The lowest BCUT2D eigenvalue weighted by molar-refractivity contribution is -0.194. The predicted octanol–water partition coefficient (Wildman–Crippen LogP) is 1.60. The predicted molar refractivity (Wildman–Crippen MR) is 72.6 cm³/mol. The minimum atomic E-state index is -0.291. The Morgan fingerprint density at radius 3 is 2.50 bits per heavy atom. The molecule has 18 heavy (non-hydrogen) atoms. The summed E-state index contributed by atoms with van der Waals surface area (Å²) >= 11 is 0. The monoisotopic (exact) mass is 256 g/mol. The van der Waals surface area contributed by atoms with Crippen molar-refractivity contribution in [3.63, 3.8) is 0 Å². The van der Waals surface area contributed by atoms with E-state index in [1.54, 1.807) is 0 Å². The number of nitrogens with zero attached hydrogens (tertiary/aromatic N) is 1. The molecule has 4 nitrogen and oxygen atoms in total. The Hall–Kier alpha value is -0.160. The van der Waals surface area contributed by atoms with E-state index >= 15 is 0 Å². The Morgan fingerprint density at radius 1 is 1.33 bits per heavy atom. The molecule has 4 heteroatoms. The van der Waals surface area contributed by atoms with Crippen LogP contribution in [-0.2, 0) is 9.47 Å². The van der Waals surface area contributed by atoms with Crippen molar-refractivity contribution in [3.05, 3.63) is 0 Å². The highest BCUT2D eigenvalue weighted by Crippen LogP contribution is 2.38. The molecule has 1 aliphatic carbocycles. The van der Waals surface area contributed by atoms with Gasteiger partial charge in [-0.25, -0.2) is 0 Å². The number of likely N-dealkylation sites (N-methyl/N-ethyl adjacent to an activating group) is 2. The third kappa shape index (κ3) is 2.72. The smallest absolute Gasteiger partial charge is 0.170 e. The standard InChI is InChI=1S/C14H28N2O2/c1-5-16(11(2)3)13-10-14(17-8-9-18-14)7-6-12(13)15-4/h11-13,15H,5-10H2,1-4H3. The number of nitrogens with one attached hydrogen (secondary N) is 1. The largest absolute Gasteiger partial charge is 0.347 e. The van der Waals surface area contributed by atoms with Gasteiger partial charge in [0.25, 0.3) is 0 Å². The normalized spacial score (nSPS) is 31.7. The maximum absolute atomic E-state index is 5.90. The summed E-state index contributed by atoms with van der Waals surface area (Å²) in [5.74, 6) is -0.291. The van der Waals surface area contributed by atoms with Crippen molar-refractivity contribution in [2.75, 3.05) is 26.8 Å². The van der Waals surface area contributed by atoms with E-state index < -0.39 is 0 Å². The first-order valence-corrected chi connectivity index (χ1v) is 7.33. The summed E-state index contributed by atoms with van der Waals surface area (Å²) in [5.41, 5.74) is 0. The topological polar surface area (TPSA) is 33.7 Å². The average Bonchev–Trinajstić information content (AvgIpc) is 2.78. The Morgan fingerprint density at radius 2 is 2.00 bits per heavy atom. The van der Waals surface area contributed by atoms with Crippen molar-refractivity contribution in [2.24, 2.45) is 0 Å². The van der Waals surface area contributed by atoms with E-state index in [1.165, 1.54) is 0 Å². The lowest BCUT2D eigenvalue weighted by Gasteiger charge is -2.47. The molecule has 2 rings (SSSR count). The van der Waals surface area contributed by atoms with Crippen molar-refractivity contribution in [3.8, 4) is 0 Å². The molecule has 1 saturated carbocycles. The van der Waals surface area contributed by atoms with E-state index in [4.69, 9.17) is 9.47 Å². The third-order valence-electron chi connectivity index (χ3n) is 4.46. The van der Waals surface area contributed by atoms with Gasteiger partial charge in [-0.05, 0) is 33.9 Å². The Kier molecular flexibility index (Phi) is 4.64. The van der Waals surface area contributed by atoms with Crippen LogP contribution < -0.4 is 5.32 Å². The molecule has 2 atom stereocenters. The van der Waals surface area contributed by atoms with E-state index in [2.05, 4.69) is 38.0 Å². The fraction of sp³-hybridized carbons (Fsp3) is 1.00. The van der Waals surface area contributed by atoms with Crippen LogP contribution in [0.4, 0.5) is 0 Å². The van der Waals surface area contributed by atoms with Crippen molar-refractivity contribution in [1.82, 2.24) is 10.2 Å². The first-order chi connectivity index (χ1) is 8.62. The van der Waals surface area contributed by atoms with Crippen LogP contribution in [-0.4, -0.2) is 55.6 Å². The maximum atomic E-state index is 5.90. The molecule has 0 bridgehead atoms. The van der Waals surface area contributed by atoms with Gasteiger partial charge < -0.3 is 14.8 Å². The molecule has 0 aromatic rings. The van der Waals surface area contributed by atoms with E-state index in [0.717, 1.165) is 39.0 Å². The van der Waals surface area contributed by atoms with Crippen molar-refractivity contribution >= 4 is 0 Å². The Balaban J connectivity index is 2.11. The minimum Gasteiger partial charge on any atom is -0.347 e. The lowest BCUT2D eigenvalue weighted by atomic mass is 9.84. The summed E-state index contributed by atoms with van der Waals surface area (Å²) in [4.78, 5) is 2.56. The van der Waals surface area contributed by atoms with Crippen LogP contribution in [0.3, 0.4) is 0 Å². The highest BCUT2D eigenvalue weighted by molar-refractivity contribution is 4.96. The molecule has 106 valence electrons. The van der Waals surface area contributed by atoms with Gasteiger partial charge in [0.1, 0.15) is 0 Å². The van der Waals surface area contributed by atoms with Gasteiger partial charge in [0, 0.05) is 31.0 Å². The second kappa shape index (κ2) is 5.87. The van der Waals surface area contributed by atoms with Crippen LogP contribution in [0.15, 0.2) is 0 Å². The molecule has 1 N–H and O–H groups in total. The minimum absolute atomic E-state index is 0.291. The molecule has 2 unspecified atom stereocenters. The zero-order valence-electron chi connectivity index (χ0n) is 12.2. The summed E-state index contributed by atoms with van der Waals surface area (Å²) in [6.07, 6.45) is 3.14.